The lowest BCUT2D eigenvalue weighted by molar-refractivity contribution is -0.128. The molecule has 0 saturated carbocycles. The van der Waals surface area contributed by atoms with E-state index in [-0.39, 0.29) is 23.3 Å². The predicted molar refractivity (Wildman–Crippen MR) is 125 cm³/mol. The van der Waals surface area contributed by atoms with Crippen molar-refractivity contribution in [2.24, 2.45) is 0 Å². The number of amides is 2. The van der Waals surface area contributed by atoms with Crippen LogP contribution in [0.5, 0.6) is 0 Å². The fourth-order valence-corrected chi connectivity index (χ4v) is 4.98. The minimum Gasteiger partial charge on any atom is -0.467 e. The Labute approximate surface area is 196 Å². The van der Waals surface area contributed by atoms with E-state index < -0.39 is 0 Å². The standard InChI is InChI=1S/C21H30N6O3S2/c1-3-25(4-2)18(28)14-31-20-23-24-21(27(20)22)32-15-19(29)26(13-17-11-8-12-30-17)16-9-6-5-7-10-16/h8-9,11-12H,3-7,10,13-15,22H2,1-2H3. The molecule has 0 saturated heterocycles. The minimum atomic E-state index is -0.0338. The Kier molecular flexibility index (Phi) is 9.10. The van der Waals surface area contributed by atoms with E-state index in [2.05, 4.69) is 16.3 Å². The first kappa shape index (κ1) is 24.2. The zero-order valence-electron chi connectivity index (χ0n) is 18.5. The van der Waals surface area contributed by atoms with Crippen molar-refractivity contribution in [1.29, 1.82) is 0 Å². The Morgan fingerprint density at radius 3 is 2.38 bits per heavy atom. The second-order valence-corrected chi connectivity index (χ2v) is 9.16. The van der Waals surface area contributed by atoms with Gasteiger partial charge in [-0.15, -0.1) is 10.2 Å². The molecule has 2 aromatic rings. The van der Waals surface area contributed by atoms with Gasteiger partial charge in [0.05, 0.1) is 24.3 Å². The van der Waals surface area contributed by atoms with E-state index in [4.69, 9.17) is 10.3 Å². The van der Waals surface area contributed by atoms with Gasteiger partial charge in [0.25, 0.3) is 0 Å². The number of rotatable bonds is 11. The normalized spacial score (nSPS) is 13.6. The third kappa shape index (κ3) is 6.32. The summed E-state index contributed by atoms with van der Waals surface area (Å²) in [6.07, 6.45) is 7.84. The Hall–Kier alpha value is -2.40. The maximum atomic E-state index is 13.1. The predicted octanol–water partition coefficient (Wildman–Crippen LogP) is 3.12. The molecule has 0 bridgehead atoms. The molecule has 174 valence electrons. The van der Waals surface area contributed by atoms with Crippen LogP contribution in [0.3, 0.4) is 0 Å². The summed E-state index contributed by atoms with van der Waals surface area (Å²) in [4.78, 5) is 28.8. The highest BCUT2D eigenvalue weighted by Crippen LogP contribution is 2.26. The summed E-state index contributed by atoms with van der Waals surface area (Å²) in [7, 11) is 0. The summed E-state index contributed by atoms with van der Waals surface area (Å²) in [5, 5.41) is 9.06. The van der Waals surface area contributed by atoms with Crippen LogP contribution in [0.25, 0.3) is 0 Å². The van der Waals surface area contributed by atoms with Crippen LogP contribution >= 0.6 is 23.5 Å². The Morgan fingerprint density at radius 2 is 1.81 bits per heavy atom. The lowest BCUT2D eigenvalue weighted by atomic mass is 10.0. The maximum absolute atomic E-state index is 13.1. The molecule has 0 aliphatic heterocycles. The molecule has 3 rings (SSSR count). The van der Waals surface area contributed by atoms with Crippen molar-refractivity contribution in [3.8, 4) is 0 Å². The molecule has 2 aromatic heterocycles. The van der Waals surface area contributed by atoms with Crippen LogP contribution in [0.4, 0.5) is 0 Å². The molecule has 2 amide bonds. The van der Waals surface area contributed by atoms with Crippen molar-refractivity contribution in [2.45, 2.75) is 56.4 Å². The largest absolute Gasteiger partial charge is 0.467 e. The van der Waals surface area contributed by atoms with Gasteiger partial charge in [-0.3, -0.25) is 9.59 Å². The summed E-state index contributed by atoms with van der Waals surface area (Å²) in [6, 6.07) is 3.69. The van der Waals surface area contributed by atoms with Crippen molar-refractivity contribution in [3.05, 3.63) is 35.9 Å². The van der Waals surface area contributed by atoms with Gasteiger partial charge in [-0.25, -0.2) is 4.68 Å². The summed E-state index contributed by atoms with van der Waals surface area (Å²) in [5.74, 6) is 7.28. The summed E-state index contributed by atoms with van der Waals surface area (Å²) in [6.45, 7) is 5.63. The molecule has 0 aromatic carbocycles. The van der Waals surface area contributed by atoms with Crippen molar-refractivity contribution in [2.75, 3.05) is 30.4 Å². The first-order valence-corrected chi connectivity index (χ1v) is 12.8. The summed E-state index contributed by atoms with van der Waals surface area (Å²) in [5.41, 5.74) is 1.04. The van der Waals surface area contributed by atoms with Gasteiger partial charge in [-0.05, 0) is 51.7 Å². The smallest absolute Gasteiger partial charge is 0.237 e. The zero-order chi connectivity index (χ0) is 22.9. The number of allylic oxidation sites excluding steroid dienone is 2. The summed E-state index contributed by atoms with van der Waals surface area (Å²) < 4.78 is 6.80. The molecular weight excluding hydrogens is 448 g/mol. The van der Waals surface area contributed by atoms with Gasteiger partial charge < -0.3 is 20.1 Å². The molecule has 0 unspecified atom stereocenters. The van der Waals surface area contributed by atoms with E-state index in [1.807, 2.05) is 26.0 Å². The van der Waals surface area contributed by atoms with Gasteiger partial charge in [0.2, 0.25) is 22.1 Å². The lowest BCUT2D eigenvalue weighted by Gasteiger charge is -2.27. The molecular formula is C21H30N6O3S2. The van der Waals surface area contributed by atoms with Crippen LogP contribution in [0.15, 0.2) is 44.9 Å². The molecule has 9 nitrogen and oxygen atoms in total. The number of hydrogen-bond acceptors (Lipinski definition) is 8. The molecule has 2 N–H and O–H groups in total. The highest BCUT2D eigenvalue weighted by Gasteiger charge is 2.22. The van der Waals surface area contributed by atoms with Gasteiger partial charge in [0.1, 0.15) is 5.76 Å². The molecule has 0 atom stereocenters. The second-order valence-electron chi connectivity index (χ2n) is 7.28. The molecule has 1 aliphatic carbocycles. The fourth-order valence-electron chi connectivity index (χ4n) is 3.43. The van der Waals surface area contributed by atoms with Crippen LogP contribution in [0.1, 0.15) is 45.3 Å². The van der Waals surface area contributed by atoms with E-state index in [0.717, 1.165) is 37.1 Å². The van der Waals surface area contributed by atoms with E-state index >= 15 is 0 Å². The van der Waals surface area contributed by atoms with Gasteiger partial charge in [0, 0.05) is 18.8 Å². The third-order valence-electron chi connectivity index (χ3n) is 5.21. The van der Waals surface area contributed by atoms with Crippen molar-refractivity contribution in [1.82, 2.24) is 24.7 Å². The average molecular weight is 479 g/mol. The molecule has 1 aliphatic rings. The van der Waals surface area contributed by atoms with E-state index in [9.17, 15) is 9.59 Å². The van der Waals surface area contributed by atoms with Crippen molar-refractivity contribution in [3.63, 3.8) is 0 Å². The first-order chi connectivity index (χ1) is 15.5. The average Bonchev–Trinajstić information content (AvgIpc) is 3.45. The molecule has 0 radical (unpaired) electrons. The lowest BCUT2D eigenvalue weighted by Crippen LogP contribution is -2.32. The SMILES string of the molecule is CCN(CC)C(=O)CSc1nnc(SCC(=O)N(Cc2ccco2)C2=CCCCC2)n1N. The Morgan fingerprint density at radius 1 is 1.12 bits per heavy atom. The highest BCUT2D eigenvalue weighted by molar-refractivity contribution is 8.00. The molecule has 2 heterocycles. The van der Waals surface area contributed by atoms with Crippen LogP contribution in [0.2, 0.25) is 0 Å². The molecule has 32 heavy (non-hydrogen) atoms. The number of nitrogens with two attached hydrogens (primary N) is 1. The minimum absolute atomic E-state index is 0.0294. The first-order valence-electron chi connectivity index (χ1n) is 10.8. The van der Waals surface area contributed by atoms with Crippen molar-refractivity contribution >= 4 is 35.3 Å². The van der Waals surface area contributed by atoms with Crippen LogP contribution in [-0.2, 0) is 16.1 Å². The number of hydrogen-bond donors (Lipinski definition) is 1. The maximum Gasteiger partial charge on any atom is 0.237 e. The molecule has 11 heteroatoms. The van der Waals surface area contributed by atoms with Gasteiger partial charge in [0.15, 0.2) is 0 Å². The van der Waals surface area contributed by atoms with Gasteiger partial charge in [-0.2, -0.15) is 0 Å². The van der Waals surface area contributed by atoms with Gasteiger partial charge in [-0.1, -0.05) is 29.6 Å². The van der Waals surface area contributed by atoms with Crippen LogP contribution in [0, 0.1) is 0 Å². The van der Waals surface area contributed by atoms with E-state index in [1.165, 1.54) is 28.2 Å². The highest BCUT2D eigenvalue weighted by atomic mass is 32.2. The number of carbonyl (C=O) groups excluding carboxylic acids is 2. The van der Waals surface area contributed by atoms with E-state index in [1.54, 1.807) is 16.1 Å². The van der Waals surface area contributed by atoms with Crippen LogP contribution < -0.4 is 5.84 Å². The number of thioether (sulfide) groups is 2. The number of furan rings is 1. The zero-order valence-corrected chi connectivity index (χ0v) is 20.2. The fraction of sp³-hybridized carbons (Fsp3) is 0.524. The number of aromatic nitrogens is 3. The van der Waals surface area contributed by atoms with Crippen molar-refractivity contribution < 1.29 is 14.0 Å². The quantitative estimate of drug-likeness (QED) is 0.387. The Balaban J connectivity index is 1.60. The molecule has 0 fully saturated rings. The summed E-state index contributed by atoms with van der Waals surface area (Å²) >= 11 is 2.48. The number of nitrogen functional groups attached to an aromatic ring is 1. The second kappa shape index (κ2) is 12.0. The topological polar surface area (TPSA) is 110 Å². The monoisotopic (exact) mass is 478 g/mol. The Bertz CT molecular complexity index is 924. The number of carbonyl (C=O) groups is 2. The number of nitrogens with zero attached hydrogens (tertiary/aromatic N) is 5. The third-order valence-corrected chi connectivity index (χ3v) is 7.06. The molecule has 0 spiro atoms. The van der Waals surface area contributed by atoms with E-state index in [0.29, 0.717) is 29.9 Å². The van der Waals surface area contributed by atoms with Crippen LogP contribution in [-0.4, -0.2) is 61.1 Å². The van der Waals surface area contributed by atoms with Gasteiger partial charge >= 0.3 is 0 Å².